The van der Waals surface area contributed by atoms with Crippen molar-refractivity contribution in [2.45, 2.75) is 25.8 Å². The number of carbonyl (C=O) groups is 2. The standard InChI is InChI=1S/C15H22N2O3/c1-11(15(19)20)13-6-4-12(5-7-13)10-17(3)9-8-14(18)16-2/h4-7,11H,8-10H2,1-3H3,(H,16,18)(H,19,20). The van der Waals surface area contributed by atoms with E-state index in [1.165, 1.54) is 0 Å². The van der Waals surface area contributed by atoms with Crippen LogP contribution in [-0.4, -0.2) is 42.5 Å². The molecule has 2 N–H and O–H groups in total. The third kappa shape index (κ3) is 5.01. The van der Waals surface area contributed by atoms with Crippen molar-refractivity contribution in [3.8, 4) is 0 Å². The van der Waals surface area contributed by atoms with E-state index in [1.54, 1.807) is 14.0 Å². The maximum absolute atomic E-state index is 11.2. The molecule has 0 aliphatic rings. The molecular formula is C15H22N2O3. The van der Waals surface area contributed by atoms with Gasteiger partial charge in [-0.05, 0) is 25.1 Å². The summed E-state index contributed by atoms with van der Waals surface area (Å²) in [4.78, 5) is 24.1. The summed E-state index contributed by atoms with van der Waals surface area (Å²) in [6.07, 6.45) is 0.473. The second-order valence-electron chi connectivity index (χ2n) is 4.96. The van der Waals surface area contributed by atoms with Crippen molar-refractivity contribution < 1.29 is 14.7 Å². The van der Waals surface area contributed by atoms with Gasteiger partial charge in [-0.2, -0.15) is 0 Å². The highest BCUT2D eigenvalue weighted by atomic mass is 16.4. The minimum atomic E-state index is -0.819. The lowest BCUT2D eigenvalue weighted by Gasteiger charge is -2.16. The van der Waals surface area contributed by atoms with Gasteiger partial charge in [0.1, 0.15) is 0 Å². The van der Waals surface area contributed by atoms with E-state index in [9.17, 15) is 9.59 Å². The third-order valence-corrected chi connectivity index (χ3v) is 3.30. The molecule has 110 valence electrons. The summed E-state index contributed by atoms with van der Waals surface area (Å²) in [6, 6.07) is 7.57. The fourth-order valence-corrected chi connectivity index (χ4v) is 1.86. The van der Waals surface area contributed by atoms with Crippen LogP contribution in [0.15, 0.2) is 24.3 Å². The van der Waals surface area contributed by atoms with Crippen LogP contribution >= 0.6 is 0 Å². The van der Waals surface area contributed by atoms with Crippen LogP contribution in [0.2, 0.25) is 0 Å². The number of rotatable bonds is 7. The fourth-order valence-electron chi connectivity index (χ4n) is 1.86. The van der Waals surface area contributed by atoms with Crippen molar-refractivity contribution in [2.75, 3.05) is 20.6 Å². The summed E-state index contributed by atoms with van der Waals surface area (Å²) in [7, 11) is 3.58. The molecule has 20 heavy (non-hydrogen) atoms. The van der Waals surface area contributed by atoms with Crippen molar-refractivity contribution in [1.82, 2.24) is 10.2 Å². The zero-order valence-electron chi connectivity index (χ0n) is 12.2. The average molecular weight is 278 g/mol. The predicted octanol–water partition coefficient (Wildman–Crippen LogP) is 1.44. The Bertz CT molecular complexity index is 457. The molecule has 1 aromatic carbocycles. The Hall–Kier alpha value is -1.88. The third-order valence-electron chi connectivity index (χ3n) is 3.30. The number of hydrogen-bond donors (Lipinski definition) is 2. The summed E-state index contributed by atoms with van der Waals surface area (Å²) in [5, 5.41) is 11.5. The molecule has 1 amide bonds. The lowest BCUT2D eigenvalue weighted by Crippen LogP contribution is -2.26. The summed E-state index contributed by atoms with van der Waals surface area (Å²) in [6.45, 7) is 3.10. The molecule has 1 rings (SSSR count). The molecule has 0 fully saturated rings. The van der Waals surface area contributed by atoms with Crippen LogP contribution in [0.25, 0.3) is 0 Å². The number of aliphatic carboxylic acids is 1. The maximum Gasteiger partial charge on any atom is 0.310 e. The lowest BCUT2D eigenvalue weighted by molar-refractivity contribution is -0.138. The molecule has 0 aliphatic carbocycles. The van der Waals surface area contributed by atoms with Crippen LogP contribution < -0.4 is 5.32 Å². The van der Waals surface area contributed by atoms with Crippen molar-refractivity contribution in [3.05, 3.63) is 35.4 Å². The summed E-state index contributed by atoms with van der Waals surface area (Å²) in [5.41, 5.74) is 1.90. The monoisotopic (exact) mass is 278 g/mol. The summed E-state index contributed by atoms with van der Waals surface area (Å²) < 4.78 is 0. The van der Waals surface area contributed by atoms with Crippen LogP contribution in [-0.2, 0) is 16.1 Å². The molecule has 0 aromatic heterocycles. The van der Waals surface area contributed by atoms with E-state index in [1.807, 2.05) is 31.3 Å². The van der Waals surface area contributed by atoms with Crippen molar-refractivity contribution in [2.24, 2.45) is 0 Å². The molecular weight excluding hydrogens is 256 g/mol. The highest BCUT2D eigenvalue weighted by molar-refractivity contribution is 5.76. The first-order valence-electron chi connectivity index (χ1n) is 6.64. The number of benzene rings is 1. The molecule has 5 heteroatoms. The number of carboxylic acids is 1. The van der Waals surface area contributed by atoms with Crippen molar-refractivity contribution in [1.29, 1.82) is 0 Å². The lowest BCUT2D eigenvalue weighted by atomic mass is 10.00. The first-order chi connectivity index (χ1) is 9.43. The van der Waals surface area contributed by atoms with E-state index in [0.29, 0.717) is 13.0 Å². The average Bonchev–Trinajstić information content (AvgIpc) is 2.44. The Balaban J connectivity index is 2.52. The summed E-state index contributed by atoms with van der Waals surface area (Å²) >= 11 is 0. The molecule has 0 aliphatic heterocycles. The van der Waals surface area contributed by atoms with Crippen LogP contribution in [0.5, 0.6) is 0 Å². The second kappa shape index (κ2) is 7.65. The topological polar surface area (TPSA) is 69.6 Å². The molecule has 1 aromatic rings. The first kappa shape index (κ1) is 16.2. The smallest absolute Gasteiger partial charge is 0.310 e. The molecule has 0 spiro atoms. The van der Waals surface area contributed by atoms with Gasteiger partial charge in [-0.15, -0.1) is 0 Å². The largest absolute Gasteiger partial charge is 0.481 e. The van der Waals surface area contributed by atoms with Gasteiger partial charge in [0, 0.05) is 26.6 Å². The molecule has 0 heterocycles. The van der Waals surface area contributed by atoms with Crippen LogP contribution in [0.3, 0.4) is 0 Å². The van der Waals surface area contributed by atoms with Gasteiger partial charge in [-0.3, -0.25) is 9.59 Å². The molecule has 5 nitrogen and oxygen atoms in total. The Morgan fingerprint density at radius 2 is 1.90 bits per heavy atom. The fraction of sp³-hybridized carbons (Fsp3) is 0.467. The molecule has 0 radical (unpaired) electrons. The zero-order valence-corrected chi connectivity index (χ0v) is 12.2. The van der Waals surface area contributed by atoms with Gasteiger partial charge < -0.3 is 15.3 Å². The molecule has 1 atom stereocenters. The molecule has 0 saturated carbocycles. The first-order valence-corrected chi connectivity index (χ1v) is 6.64. The van der Waals surface area contributed by atoms with E-state index in [2.05, 4.69) is 10.2 Å². The van der Waals surface area contributed by atoms with Crippen molar-refractivity contribution in [3.63, 3.8) is 0 Å². The Kier molecular flexibility index (Phi) is 6.18. The van der Waals surface area contributed by atoms with Gasteiger partial charge in [0.15, 0.2) is 0 Å². The quantitative estimate of drug-likeness (QED) is 0.792. The maximum atomic E-state index is 11.2. The van der Waals surface area contributed by atoms with Gasteiger partial charge in [0.05, 0.1) is 5.92 Å². The van der Waals surface area contributed by atoms with Crippen LogP contribution in [0, 0.1) is 0 Å². The van der Waals surface area contributed by atoms with Gasteiger partial charge >= 0.3 is 5.97 Å². The van der Waals surface area contributed by atoms with E-state index in [-0.39, 0.29) is 5.91 Å². The van der Waals surface area contributed by atoms with Crippen molar-refractivity contribution >= 4 is 11.9 Å². The SMILES string of the molecule is CNC(=O)CCN(C)Cc1ccc(C(C)C(=O)O)cc1. The highest BCUT2D eigenvalue weighted by Crippen LogP contribution is 2.16. The van der Waals surface area contributed by atoms with E-state index in [0.717, 1.165) is 17.7 Å². The van der Waals surface area contributed by atoms with Crippen LogP contribution in [0.4, 0.5) is 0 Å². The second-order valence-corrected chi connectivity index (χ2v) is 4.96. The minimum absolute atomic E-state index is 0.0301. The number of nitrogens with zero attached hydrogens (tertiary/aromatic N) is 1. The number of carbonyl (C=O) groups excluding carboxylic acids is 1. The minimum Gasteiger partial charge on any atom is -0.481 e. The van der Waals surface area contributed by atoms with E-state index >= 15 is 0 Å². The predicted molar refractivity (Wildman–Crippen MR) is 77.5 cm³/mol. The number of amides is 1. The van der Waals surface area contributed by atoms with E-state index < -0.39 is 11.9 Å². The molecule has 0 bridgehead atoms. The summed E-state index contributed by atoms with van der Waals surface area (Å²) in [5.74, 6) is -1.28. The molecule has 0 saturated heterocycles. The van der Waals surface area contributed by atoms with Crippen LogP contribution in [0.1, 0.15) is 30.4 Å². The number of hydrogen-bond acceptors (Lipinski definition) is 3. The Morgan fingerprint density at radius 1 is 1.30 bits per heavy atom. The van der Waals surface area contributed by atoms with E-state index in [4.69, 9.17) is 5.11 Å². The normalized spacial score (nSPS) is 12.2. The van der Waals surface area contributed by atoms with Gasteiger partial charge in [-0.25, -0.2) is 0 Å². The Morgan fingerprint density at radius 3 is 2.40 bits per heavy atom. The van der Waals surface area contributed by atoms with Gasteiger partial charge in [-0.1, -0.05) is 24.3 Å². The van der Waals surface area contributed by atoms with Gasteiger partial charge in [0.25, 0.3) is 0 Å². The highest BCUT2D eigenvalue weighted by Gasteiger charge is 2.13. The van der Waals surface area contributed by atoms with Gasteiger partial charge in [0.2, 0.25) is 5.91 Å². The zero-order chi connectivity index (χ0) is 15.1. The Labute approximate surface area is 119 Å². The molecule has 1 unspecified atom stereocenters. The number of carboxylic acid groups (broad SMARTS) is 1. The number of nitrogens with one attached hydrogen (secondary N) is 1.